The number of amides is 2. The van der Waals surface area contributed by atoms with Crippen molar-refractivity contribution in [2.24, 2.45) is 0 Å². The summed E-state index contributed by atoms with van der Waals surface area (Å²) in [4.78, 5) is 31.5. The number of carboxylic acid groups (broad SMARTS) is 1. The number of benzene rings is 2. The van der Waals surface area contributed by atoms with Crippen LogP contribution in [0.25, 0.3) is 0 Å². The van der Waals surface area contributed by atoms with E-state index in [9.17, 15) is 19.5 Å². The van der Waals surface area contributed by atoms with Crippen LogP contribution in [0, 0.1) is 0 Å². The highest BCUT2D eigenvalue weighted by Crippen LogP contribution is 2.24. The van der Waals surface area contributed by atoms with Gasteiger partial charge in [0.1, 0.15) is 5.92 Å². The first kappa shape index (κ1) is 16.4. The van der Waals surface area contributed by atoms with Crippen LogP contribution in [-0.4, -0.2) is 22.9 Å². The van der Waals surface area contributed by atoms with E-state index in [2.05, 4.69) is 5.32 Å². The molecule has 1 fully saturated rings. The van der Waals surface area contributed by atoms with Crippen molar-refractivity contribution in [2.45, 2.75) is 18.8 Å². The van der Waals surface area contributed by atoms with Gasteiger partial charge in [0.2, 0.25) is 11.8 Å². The van der Waals surface area contributed by atoms with Crippen LogP contribution >= 0.6 is 0 Å². The predicted octanol–water partition coefficient (Wildman–Crippen LogP) is 2.33. The Morgan fingerprint density at radius 1 is 0.826 bits per heavy atom. The standard InChI is InChI=1S/C14H12O2.C4H5NO2/c15-14(16)13(11-7-3-1-4-8-11)12-9-5-2-6-10-12;6-3-1-2-4(7)5-3/h1-10,13H,(H,15,16);1-2H2,(H,5,6,7). The fraction of sp³-hybridized carbons (Fsp3) is 0.167. The molecule has 0 bridgehead atoms. The SMILES string of the molecule is O=C(O)C(c1ccccc1)c1ccccc1.O=C1CCC(=O)N1. The summed E-state index contributed by atoms with van der Waals surface area (Å²) in [5, 5.41) is 11.4. The molecule has 5 heteroatoms. The summed E-state index contributed by atoms with van der Waals surface area (Å²) < 4.78 is 0. The minimum absolute atomic E-state index is 0.148. The third-order valence-corrected chi connectivity index (χ3v) is 3.37. The van der Waals surface area contributed by atoms with Gasteiger partial charge in [-0.15, -0.1) is 0 Å². The molecular weight excluding hydrogens is 294 g/mol. The van der Waals surface area contributed by atoms with E-state index in [0.717, 1.165) is 11.1 Å². The van der Waals surface area contributed by atoms with Gasteiger partial charge in [0.15, 0.2) is 0 Å². The molecule has 0 unspecified atom stereocenters. The zero-order valence-corrected chi connectivity index (χ0v) is 12.4. The summed E-state index contributed by atoms with van der Waals surface area (Å²) in [5.41, 5.74) is 1.61. The van der Waals surface area contributed by atoms with Crippen LogP contribution in [0.4, 0.5) is 0 Å². The van der Waals surface area contributed by atoms with E-state index in [1.165, 1.54) is 0 Å². The van der Waals surface area contributed by atoms with E-state index in [0.29, 0.717) is 12.8 Å². The monoisotopic (exact) mass is 311 g/mol. The molecule has 118 valence electrons. The lowest BCUT2D eigenvalue weighted by atomic mass is 9.92. The molecule has 2 aromatic rings. The Hall–Kier alpha value is -2.95. The maximum atomic E-state index is 11.3. The maximum Gasteiger partial charge on any atom is 0.315 e. The second kappa shape index (κ2) is 7.89. The number of carbonyl (C=O) groups excluding carboxylic acids is 2. The molecule has 0 aromatic heterocycles. The average Bonchev–Trinajstić information content (AvgIpc) is 2.93. The summed E-state index contributed by atoms with van der Waals surface area (Å²) in [7, 11) is 0. The molecule has 1 aliphatic rings. The fourth-order valence-corrected chi connectivity index (χ4v) is 2.28. The Morgan fingerprint density at radius 2 is 1.22 bits per heavy atom. The van der Waals surface area contributed by atoms with Gasteiger partial charge in [0.05, 0.1) is 0 Å². The quantitative estimate of drug-likeness (QED) is 0.852. The third kappa shape index (κ3) is 4.78. The van der Waals surface area contributed by atoms with E-state index in [1.807, 2.05) is 60.7 Å². The first-order chi connectivity index (χ1) is 11.1. The van der Waals surface area contributed by atoms with Gasteiger partial charge in [-0.3, -0.25) is 19.7 Å². The molecule has 1 aliphatic heterocycles. The van der Waals surface area contributed by atoms with Crippen molar-refractivity contribution in [1.82, 2.24) is 5.32 Å². The number of imide groups is 1. The van der Waals surface area contributed by atoms with E-state index in [1.54, 1.807) is 0 Å². The zero-order valence-electron chi connectivity index (χ0n) is 12.4. The summed E-state index contributed by atoms with van der Waals surface area (Å²) in [6.07, 6.45) is 0.748. The number of hydrogen-bond acceptors (Lipinski definition) is 3. The van der Waals surface area contributed by atoms with Crippen LogP contribution in [0.5, 0.6) is 0 Å². The Labute approximate surface area is 134 Å². The molecule has 3 rings (SSSR count). The van der Waals surface area contributed by atoms with Crippen LogP contribution in [0.1, 0.15) is 29.9 Å². The van der Waals surface area contributed by atoms with Crippen molar-refractivity contribution >= 4 is 17.8 Å². The van der Waals surface area contributed by atoms with Gasteiger partial charge in [-0.05, 0) is 11.1 Å². The van der Waals surface area contributed by atoms with E-state index >= 15 is 0 Å². The third-order valence-electron chi connectivity index (χ3n) is 3.37. The van der Waals surface area contributed by atoms with Gasteiger partial charge < -0.3 is 5.11 Å². The van der Waals surface area contributed by atoms with E-state index in [-0.39, 0.29) is 11.8 Å². The zero-order chi connectivity index (χ0) is 16.7. The van der Waals surface area contributed by atoms with Crippen LogP contribution in [0.2, 0.25) is 0 Å². The lowest BCUT2D eigenvalue weighted by Gasteiger charge is -2.12. The summed E-state index contributed by atoms with van der Waals surface area (Å²) in [6.45, 7) is 0. The van der Waals surface area contributed by atoms with Crippen molar-refractivity contribution < 1.29 is 19.5 Å². The minimum Gasteiger partial charge on any atom is -0.481 e. The molecule has 23 heavy (non-hydrogen) atoms. The lowest BCUT2D eigenvalue weighted by molar-refractivity contribution is -0.137. The van der Waals surface area contributed by atoms with Gasteiger partial charge in [-0.2, -0.15) is 0 Å². The van der Waals surface area contributed by atoms with Crippen molar-refractivity contribution in [3.63, 3.8) is 0 Å². The van der Waals surface area contributed by atoms with Crippen molar-refractivity contribution in [3.05, 3.63) is 71.8 Å². The smallest absolute Gasteiger partial charge is 0.315 e. The van der Waals surface area contributed by atoms with Gasteiger partial charge in [-0.25, -0.2) is 0 Å². The highest BCUT2D eigenvalue weighted by atomic mass is 16.4. The Kier molecular flexibility index (Phi) is 5.63. The van der Waals surface area contributed by atoms with Gasteiger partial charge in [0, 0.05) is 12.8 Å². The number of nitrogens with one attached hydrogen (secondary N) is 1. The number of rotatable bonds is 3. The molecule has 0 radical (unpaired) electrons. The largest absolute Gasteiger partial charge is 0.481 e. The number of carbonyl (C=O) groups is 3. The molecule has 2 N–H and O–H groups in total. The Morgan fingerprint density at radius 3 is 1.48 bits per heavy atom. The average molecular weight is 311 g/mol. The molecule has 1 saturated heterocycles. The second-order valence-corrected chi connectivity index (χ2v) is 5.06. The van der Waals surface area contributed by atoms with Crippen LogP contribution in [-0.2, 0) is 14.4 Å². The van der Waals surface area contributed by atoms with Gasteiger partial charge in [0.25, 0.3) is 0 Å². The van der Waals surface area contributed by atoms with E-state index < -0.39 is 11.9 Å². The summed E-state index contributed by atoms with van der Waals surface area (Å²) in [6, 6.07) is 18.5. The van der Waals surface area contributed by atoms with Crippen LogP contribution in [0.15, 0.2) is 60.7 Å². The molecule has 5 nitrogen and oxygen atoms in total. The number of aliphatic carboxylic acids is 1. The molecule has 0 atom stereocenters. The number of carboxylic acids is 1. The normalized spacial score (nSPS) is 13.3. The molecule has 1 heterocycles. The Balaban J connectivity index is 0.000000229. The first-order valence-electron chi connectivity index (χ1n) is 7.23. The Bertz CT molecular complexity index is 629. The van der Waals surface area contributed by atoms with Gasteiger partial charge in [-0.1, -0.05) is 60.7 Å². The second-order valence-electron chi connectivity index (χ2n) is 5.06. The topological polar surface area (TPSA) is 83.5 Å². The van der Waals surface area contributed by atoms with E-state index in [4.69, 9.17) is 0 Å². The molecule has 0 spiro atoms. The van der Waals surface area contributed by atoms with Crippen molar-refractivity contribution in [1.29, 1.82) is 0 Å². The molecule has 2 amide bonds. The molecule has 0 saturated carbocycles. The molecule has 0 aliphatic carbocycles. The van der Waals surface area contributed by atoms with Crippen LogP contribution in [0.3, 0.4) is 0 Å². The highest BCUT2D eigenvalue weighted by molar-refractivity contribution is 6.01. The first-order valence-corrected chi connectivity index (χ1v) is 7.23. The predicted molar refractivity (Wildman–Crippen MR) is 84.7 cm³/mol. The highest BCUT2D eigenvalue weighted by Gasteiger charge is 2.21. The molecule has 2 aromatic carbocycles. The minimum atomic E-state index is -0.822. The fourth-order valence-electron chi connectivity index (χ4n) is 2.28. The summed E-state index contributed by atoms with van der Waals surface area (Å²) in [5.74, 6) is -1.70. The maximum absolute atomic E-state index is 11.3. The van der Waals surface area contributed by atoms with Crippen molar-refractivity contribution in [3.8, 4) is 0 Å². The number of hydrogen-bond donors (Lipinski definition) is 2. The van der Waals surface area contributed by atoms with Crippen molar-refractivity contribution in [2.75, 3.05) is 0 Å². The lowest BCUT2D eigenvalue weighted by Crippen LogP contribution is -2.18. The van der Waals surface area contributed by atoms with Gasteiger partial charge >= 0.3 is 5.97 Å². The summed E-state index contributed by atoms with van der Waals surface area (Å²) >= 11 is 0. The molecular formula is C18H17NO4. The van der Waals surface area contributed by atoms with Crippen LogP contribution < -0.4 is 5.32 Å².